The second kappa shape index (κ2) is 19.9. The average Bonchev–Trinajstić information content (AvgIpc) is 3.04. The highest BCUT2D eigenvalue weighted by atomic mass is 16.5. The zero-order chi connectivity index (χ0) is 34.9. The van der Waals surface area contributed by atoms with Gasteiger partial charge in [-0.05, 0) is 49.1 Å². The number of amides is 4. The van der Waals surface area contributed by atoms with Gasteiger partial charge < -0.3 is 35.8 Å². The third-order valence-electron chi connectivity index (χ3n) is 7.62. The molecule has 0 fully saturated rings. The van der Waals surface area contributed by atoms with E-state index in [1.54, 1.807) is 27.7 Å². The molecule has 0 bridgehead atoms. The van der Waals surface area contributed by atoms with Crippen LogP contribution in [0.5, 0.6) is 0 Å². The number of benzene rings is 2. The van der Waals surface area contributed by atoms with Crippen LogP contribution in [0.2, 0.25) is 0 Å². The summed E-state index contributed by atoms with van der Waals surface area (Å²) < 4.78 is 10.0. The summed E-state index contributed by atoms with van der Waals surface area (Å²) in [6, 6.07) is 15.1. The monoisotopic (exact) mass is 654 g/mol. The molecule has 12 heteroatoms. The van der Waals surface area contributed by atoms with E-state index < -0.39 is 54.1 Å². The molecule has 2 aromatic carbocycles. The molecule has 0 spiro atoms. The van der Waals surface area contributed by atoms with Crippen molar-refractivity contribution >= 4 is 29.8 Å². The standard InChI is InChI=1S/C35H50N4O8/c1-22(2)30(33(43)39-31(23(3)4)34(44)46-6)38-29(41)19-13-18-28(40)27(20-25-14-9-7-10-15-25)37-32(42)24(5)36-35(45)47-21-26-16-11-8-12-17-26/h7-12,14-17,22-24,27-28,30-31,40H,13,18-21H2,1-6H3,(H,36,45)(H,37,42)(H,38,41)(H,39,43)/t24-,27-,28-,30-,31-/m0/s1. The molecule has 0 aromatic heterocycles. The highest BCUT2D eigenvalue weighted by molar-refractivity contribution is 5.91. The Kier molecular flexibility index (Phi) is 16.4. The van der Waals surface area contributed by atoms with E-state index in [0.29, 0.717) is 6.42 Å². The van der Waals surface area contributed by atoms with Gasteiger partial charge in [-0.25, -0.2) is 9.59 Å². The molecule has 258 valence electrons. The van der Waals surface area contributed by atoms with Gasteiger partial charge in [0.25, 0.3) is 0 Å². The molecular weight excluding hydrogens is 604 g/mol. The Hall–Kier alpha value is -4.45. The number of aliphatic hydroxyl groups excluding tert-OH is 1. The highest BCUT2D eigenvalue weighted by Crippen LogP contribution is 2.13. The number of rotatable bonds is 18. The molecule has 47 heavy (non-hydrogen) atoms. The third kappa shape index (κ3) is 13.8. The first kappa shape index (κ1) is 38.7. The van der Waals surface area contributed by atoms with Gasteiger partial charge in [0.2, 0.25) is 17.7 Å². The molecule has 4 amide bonds. The van der Waals surface area contributed by atoms with Crippen molar-refractivity contribution in [2.75, 3.05) is 7.11 Å². The number of ether oxygens (including phenoxy) is 2. The van der Waals surface area contributed by atoms with Gasteiger partial charge in [0.05, 0.1) is 19.3 Å². The lowest BCUT2D eigenvalue weighted by Gasteiger charge is -2.27. The molecule has 0 saturated carbocycles. The van der Waals surface area contributed by atoms with Crippen LogP contribution in [0.3, 0.4) is 0 Å². The Morgan fingerprint density at radius 1 is 0.723 bits per heavy atom. The van der Waals surface area contributed by atoms with E-state index in [1.807, 2.05) is 60.7 Å². The number of nitrogens with one attached hydrogen (secondary N) is 4. The molecular formula is C35H50N4O8. The number of aliphatic hydroxyl groups is 1. The van der Waals surface area contributed by atoms with Crippen LogP contribution in [0.25, 0.3) is 0 Å². The molecule has 2 aromatic rings. The molecule has 5 atom stereocenters. The summed E-state index contributed by atoms with van der Waals surface area (Å²) in [6.07, 6.45) is -0.964. The maximum absolute atomic E-state index is 13.0. The van der Waals surface area contributed by atoms with Crippen molar-refractivity contribution in [2.24, 2.45) is 11.8 Å². The Morgan fingerprint density at radius 3 is 1.85 bits per heavy atom. The maximum Gasteiger partial charge on any atom is 0.408 e. The van der Waals surface area contributed by atoms with Crippen molar-refractivity contribution in [2.45, 2.75) is 97.2 Å². The zero-order valence-electron chi connectivity index (χ0n) is 28.2. The van der Waals surface area contributed by atoms with Crippen LogP contribution in [0, 0.1) is 11.8 Å². The van der Waals surface area contributed by atoms with Gasteiger partial charge in [-0.1, -0.05) is 88.4 Å². The largest absolute Gasteiger partial charge is 0.467 e. The van der Waals surface area contributed by atoms with E-state index in [1.165, 1.54) is 14.0 Å². The number of carbonyl (C=O) groups is 5. The van der Waals surface area contributed by atoms with Gasteiger partial charge in [0.1, 0.15) is 24.7 Å². The van der Waals surface area contributed by atoms with Crippen molar-refractivity contribution in [1.82, 2.24) is 21.3 Å². The molecule has 12 nitrogen and oxygen atoms in total. The van der Waals surface area contributed by atoms with Crippen molar-refractivity contribution in [3.63, 3.8) is 0 Å². The van der Waals surface area contributed by atoms with E-state index in [0.717, 1.165) is 11.1 Å². The zero-order valence-corrected chi connectivity index (χ0v) is 28.2. The topological polar surface area (TPSA) is 172 Å². The fourth-order valence-electron chi connectivity index (χ4n) is 4.79. The predicted molar refractivity (Wildman–Crippen MR) is 177 cm³/mol. The van der Waals surface area contributed by atoms with Gasteiger partial charge in [-0.2, -0.15) is 0 Å². The molecule has 0 aliphatic heterocycles. The predicted octanol–water partition coefficient (Wildman–Crippen LogP) is 3.01. The lowest BCUT2D eigenvalue weighted by molar-refractivity contribution is -0.146. The van der Waals surface area contributed by atoms with Gasteiger partial charge in [0.15, 0.2) is 0 Å². The average molecular weight is 655 g/mol. The first-order chi connectivity index (χ1) is 22.3. The summed E-state index contributed by atoms with van der Waals surface area (Å²) in [7, 11) is 1.25. The first-order valence-corrected chi connectivity index (χ1v) is 16.0. The van der Waals surface area contributed by atoms with Crippen LogP contribution in [0.4, 0.5) is 4.79 Å². The van der Waals surface area contributed by atoms with Crippen molar-refractivity contribution in [3.8, 4) is 0 Å². The van der Waals surface area contributed by atoms with E-state index in [2.05, 4.69) is 21.3 Å². The number of esters is 1. The summed E-state index contributed by atoms with van der Waals surface area (Å²) in [5.41, 5.74) is 1.69. The Balaban J connectivity index is 1.96. The molecule has 2 rings (SSSR count). The quantitative estimate of drug-likeness (QED) is 0.153. The fraction of sp³-hybridized carbons (Fsp3) is 0.514. The Morgan fingerprint density at radius 2 is 1.30 bits per heavy atom. The molecule has 5 N–H and O–H groups in total. The number of methoxy groups -OCH3 is 1. The van der Waals surface area contributed by atoms with E-state index in [-0.39, 0.29) is 43.6 Å². The number of carbonyl (C=O) groups excluding carboxylic acids is 5. The van der Waals surface area contributed by atoms with E-state index in [9.17, 15) is 29.1 Å². The maximum atomic E-state index is 13.0. The second-order valence-electron chi connectivity index (χ2n) is 12.2. The first-order valence-electron chi connectivity index (χ1n) is 16.0. The van der Waals surface area contributed by atoms with Crippen molar-refractivity contribution in [3.05, 3.63) is 71.8 Å². The normalized spacial score (nSPS) is 14.2. The minimum absolute atomic E-state index is 0.0232. The second-order valence-corrected chi connectivity index (χ2v) is 12.2. The van der Waals surface area contributed by atoms with Crippen LogP contribution in [-0.2, 0) is 41.7 Å². The van der Waals surface area contributed by atoms with Gasteiger partial charge in [0, 0.05) is 6.42 Å². The molecule has 0 aliphatic rings. The Labute approximate surface area is 277 Å². The number of hydrogen-bond donors (Lipinski definition) is 5. The van der Waals surface area contributed by atoms with E-state index >= 15 is 0 Å². The summed E-state index contributed by atoms with van der Waals surface area (Å²) in [6.45, 7) is 8.70. The van der Waals surface area contributed by atoms with E-state index in [4.69, 9.17) is 9.47 Å². The van der Waals surface area contributed by atoms with Crippen molar-refractivity contribution in [1.29, 1.82) is 0 Å². The summed E-state index contributed by atoms with van der Waals surface area (Å²) >= 11 is 0. The molecule has 0 heterocycles. The van der Waals surface area contributed by atoms with Gasteiger partial charge >= 0.3 is 12.1 Å². The summed E-state index contributed by atoms with van der Waals surface area (Å²) in [4.78, 5) is 63.3. The minimum Gasteiger partial charge on any atom is -0.467 e. The molecule has 0 saturated heterocycles. The van der Waals surface area contributed by atoms with Crippen LogP contribution >= 0.6 is 0 Å². The summed E-state index contributed by atoms with van der Waals surface area (Å²) in [5.74, 6) is -2.42. The van der Waals surface area contributed by atoms with Gasteiger partial charge in [-0.15, -0.1) is 0 Å². The highest BCUT2D eigenvalue weighted by Gasteiger charge is 2.31. The lowest BCUT2D eigenvalue weighted by atomic mass is 9.97. The third-order valence-corrected chi connectivity index (χ3v) is 7.62. The summed E-state index contributed by atoms with van der Waals surface area (Å²) in [5, 5.41) is 21.9. The van der Waals surface area contributed by atoms with Crippen LogP contribution in [-0.4, -0.2) is 72.3 Å². The lowest BCUT2D eigenvalue weighted by Crippen LogP contribution is -2.55. The SMILES string of the molecule is COC(=O)[C@@H](NC(=O)[C@@H](NC(=O)CCC[C@H](O)[C@H](Cc1ccccc1)NC(=O)[C@H](C)NC(=O)OCc1ccccc1)C(C)C)C(C)C. The van der Waals surface area contributed by atoms with Crippen LogP contribution in [0.15, 0.2) is 60.7 Å². The van der Waals surface area contributed by atoms with Crippen LogP contribution in [0.1, 0.15) is 65.0 Å². The Bertz CT molecular complexity index is 1290. The molecule has 0 unspecified atom stereocenters. The number of hydrogen-bond acceptors (Lipinski definition) is 8. The van der Waals surface area contributed by atoms with Crippen LogP contribution < -0.4 is 21.3 Å². The fourth-order valence-corrected chi connectivity index (χ4v) is 4.79. The van der Waals surface area contributed by atoms with Crippen molar-refractivity contribution < 1.29 is 38.6 Å². The minimum atomic E-state index is -1.01. The van der Waals surface area contributed by atoms with Gasteiger partial charge in [-0.3, -0.25) is 14.4 Å². The smallest absolute Gasteiger partial charge is 0.408 e. The molecule has 0 aliphatic carbocycles. The molecule has 0 radical (unpaired) electrons. The number of alkyl carbamates (subject to hydrolysis) is 1.